The first kappa shape index (κ1) is 25.6. The second kappa shape index (κ2) is 10.9. The molecule has 13 nitrogen and oxygen atoms in total. The van der Waals surface area contributed by atoms with Crippen molar-refractivity contribution in [2.24, 2.45) is 22.5 Å². The third-order valence-electron chi connectivity index (χ3n) is 5.24. The number of ether oxygens (including phenoxy) is 1. The summed E-state index contributed by atoms with van der Waals surface area (Å²) >= 11 is 0. The van der Waals surface area contributed by atoms with Crippen LogP contribution in [0.3, 0.4) is 0 Å². The van der Waals surface area contributed by atoms with Crippen LogP contribution >= 0.6 is 0 Å². The molecule has 0 saturated carbocycles. The molecular formula is C21H23N5O8S. The average Bonchev–Trinajstić information content (AvgIpc) is 2.86. The number of non-ortho nitro benzene ring substituents is 1. The molecule has 186 valence electrons. The smallest absolute Gasteiger partial charge is 0.338 e. The molecule has 0 unspecified atom stereocenters. The number of amides is 1. The number of carbonyl (C=O) groups is 2. The van der Waals surface area contributed by atoms with Gasteiger partial charge in [-0.15, -0.1) is 0 Å². The first-order chi connectivity index (χ1) is 16.6. The van der Waals surface area contributed by atoms with Crippen molar-refractivity contribution in [3.8, 4) is 5.75 Å². The number of nitro benzene ring substituents is 1. The molecule has 1 aliphatic rings. The average molecular weight is 506 g/mol. The topological polar surface area (TPSA) is 198 Å². The van der Waals surface area contributed by atoms with Gasteiger partial charge in [0.15, 0.2) is 12.4 Å². The Kier molecular flexibility index (Phi) is 7.98. The summed E-state index contributed by atoms with van der Waals surface area (Å²) in [7, 11) is -3.85. The molecule has 0 aliphatic carbocycles. The molecule has 4 N–H and O–H groups in total. The number of hydrogen-bond donors (Lipinski definition) is 2. The highest BCUT2D eigenvalue weighted by Crippen LogP contribution is 2.26. The highest BCUT2D eigenvalue weighted by atomic mass is 32.2. The summed E-state index contributed by atoms with van der Waals surface area (Å²) in [5.41, 5.74) is 11.1. The van der Waals surface area contributed by atoms with Gasteiger partial charge in [0.2, 0.25) is 10.0 Å². The maximum Gasteiger partial charge on any atom is 0.338 e. The van der Waals surface area contributed by atoms with Crippen molar-refractivity contribution >= 4 is 33.4 Å². The van der Waals surface area contributed by atoms with Gasteiger partial charge >= 0.3 is 5.97 Å². The third-order valence-corrected chi connectivity index (χ3v) is 7.15. The molecule has 1 amide bonds. The molecule has 2 aromatic rings. The maximum atomic E-state index is 12.8. The van der Waals surface area contributed by atoms with Crippen molar-refractivity contribution in [2.75, 3.05) is 19.7 Å². The number of hydrogen-bond acceptors (Lipinski definition) is 9. The van der Waals surface area contributed by atoms with Crippen LogP contribution in [0.25, 0.3) is 0 Å². The van der Waals surface area contributed by atoms with Crippen LogP contribution in [0, 0.1) is 16.0 Å². The Labute approximate surface area is 200 Å². The Morgan fingerprint density at radius 1 is 1.06 bits per heavy atom. The third kappa shape index (κ3) is 6.51. The molecule has 1 fully saturated rings. The first-order valence-electron chi connectivity index (χ1n) is 10.4. The van der Waals surface area contributed by atoms with Gasteiger partial charge in [-0.1, -0.05) is 5.16 Å². The molecule has 0 atom stereocenters. The number of rotatable bonds is 9. The van der Waals surface area contributed by atoms with Gasteiger partial charge in [0, 0.05) is 30.8 Å². The SMILES string of the molecule is NC(=O)COc1ccc(/C(N)=N/OC(=O)C2CCN(S(=O)(=O)c3ccc([N+](=O)[O-])cc3)CC2)cc1. The highest BCUT2D eigenvalue weighted by molar-refractivity contribution is 7.89. The predicted octanol–water partition coefficient (Wildman–Crippen LogP) is 0.723. The van der Waals surface area contributed by atoms with E-state index in [1.807, 2.05) is 0 Å². The molecular weight excluding hydrogens is 482 g/mol. The normalized spacial score (nSPS) is 15.4. The van der Waals surface area contributed by atoms with Crippen LogP contribution in [0.15, 0.2) is 58.6 Å². The molecule has 0 spiro atoms. The van der Waals surface area contributed by atoms with Gasteiger partial charge in [0.1, 0.15) is 5.75 Å². The molecule has 1 aliphatic heterocycles. The van der Waals surface area contributed by atoms with Crippen molar-refractivity contribution in [3.63, 3.8) is 0 Å². The minimum absolute atomic E-state index is 0.0574. The van der Waals surface area contributed by atoms with Crippen LogP contribution < -0.4 is 16.2 Å². The van der Waals surface area contributed by atoms with Crippen LogP contribution in [-0.4, -0.2) is 55.1 Å². The standard InChI is InChI=1S/C21H23N5O8S/c22-19(27)13-33-17-5-1-14(2-6-17)20(23)24-34-21(28)15-9-11-25(12-10-15)35(31,32)18-7-3-16(4-8-18)26(29)30/h1-8,15H,9-13H2,(H2,22,27)(H2,23,24). The minimum atomic E-state index is -3.85. The molecule has 2 aromatic carbocycles. The summed E-state index contributed by atoms with van der Waals surface area (Å²) in [4.78, 5) is 38.2. The second-order valence-corrected chi connectivity index (χ2v) is 9.53. The van der Waals surface area contributed by atoms with Gasteiger partial charge < -0.3 is 21.0 Å². The van der Waals surface area contributed by atoms with Crippen LogP contribution in [0.1, 0.15) is 18.4 Å². The lowest BCUT2D eigenvalue weighted by atomic mass is 9.99. The lowest BCUT2D eigenvalue weighted by Crippen LogP contribution is -2.40. The van der Waals surface area contributed by atoms with Gasteiger partial charge in [-0.05, 0) is 49.2 Å². The van der Waals surface area contributed by atoms with Gasteiger partial charge in [-0.2, -0.15) is 4.31 Å². The van der Waals surface area contributed by atoms with Gasteiger partial charge in [-0.25, -0.2) is 13.2 Å². The summed E-state index contributed by atoms with van der Waals surface area (Å²) in [5.74, 6) is -1.48. The molecule has 14 heteroatoms. The van der Waals surface area contributed by atoms with E-state index in [9.17, 15) is 28.1 Å². The van der Waals surface area contributed by atoms with Crippen LogP contribution in [-0.2, 0) is 24.4 Å². The fourth-order valence-corrected chi connectivity index (χ4v) is 4.79. The number of primary amides is 1. The summed E-state index contributed by atoms with van der Waals surface area (Å²) < 4.78 is 31.9. The minimum Gasteiger partial charge on any atom is -0.484 e. The molecule has 0 aromatic heterocycles. The van der Waals surface area contributed by atoms with E-state index in [-0.39, 0.29) is 49.0 Å². The van der Waals surface area contributed by atoms with Crippen LogP contribution in [0.2, 0.25) is 0 Å². The van der Waals surface area contributed by atoms with Crippen molar-refractivity contribution in [2.45, 2.75) is 17.7 Å². The summed E-state index contributed by atoms with van der Waals surface area (Å²) in [5, 5.41) is 14.4. The Balaban J connectivity index is 1.53. The first-order valence-corrected chi connectivity index (χ1v) is 11.8. The number of benzene rings is 2. The van der Waals surface area contributed by atoms with E-state index in [2.05, 4.69) is 5.16 Å². The van der Waals surface area contributed by atoms with E-state index in [1.54, 1.807) is 24.3 Å². The van der Waals surface area contributed by atoms with E-state index in [0.29, 0.717) is 11.3 Å². The van der Waals surface area contributed by atoms with Gasteiger partial charge in [0.05, 0.1) is 15.7 Å². The summed E-state index contributed by atoms with van der Waals surface area (Å²) in [6, 6.07) is 10.8. The number of carbonyl (C=O) groups excluding carboxylic acids is 2. The van der Waals surface area contributed by atoms with Gasteiger partial charge in [-0.3, -0.25) is 14.9 Å². The van der Waals surface area contributed by atoms with Crippen LogP contribution in [0.5, 0.6) is 5.75 Å². The monoisotopic (exact) mass is 505 g/mol. The molecule has 1 saturated heterocycles. The number of sulfonamides is 1. The number of nitrogens with two attached hydrogens (primary N) is 2. The predicted molar refractivity (Wildman–Crippen MR) is 123 cm³/mol. The lowest BCUT2D eigenvalue weighted by molar-refractivity contribution is -0.384. The lowest BCUT2D eigenvalue weighted by Gasteiger charge is -2.29. The summed E-state index contributed by atoms with van der Waals surface area (Å²) in [6.07, 6.45) is 0.429. The molecule has 3 rings (SSSR count). The van der Waals surface area contributed by atoms with E-state index in [0.717, 1.165) is 12.1 Å². The Morgan fingerprint density at radius 3 is 2.20 bits per heavy atom. The van der Waals surface area contributed by atoms with Crippen molar-refractivity contribution in [3.05, 3.63) is 64.2 Å². The number of nitro groups is 1. The molecule has 0 radical (unpaired) electrons. The zero-order valence-electron chi connectivity index (χ0n) is 18.4. The quantitative estimate of drug-likeness (QED) is 0.162. The van der Waals surface area contributed by atoms with E-state index in [1.165, 1.54) is 16.4 Å². The zero-order chi connectivity index (χ0) is 25.6. The van der Waals surface area contributed by atoms with Gasteiger partial charge in [0.25, 0.3) is 11.6 Å². The fourth-order valence-electron chi connectivity index (χ4n) is 3.32. The number of amidine groups is 1. The zero-order valence-corrected chi connectivity index (χ0v) is 19.2. The molecule has 35 heavy (non-hydrogen) atoms. The molecule has 0 bridgehead atoms. The van der Waals surface area contributed by atoms with E-state index < -0.39 is 32.7 Å². The Bertz CT molecular complexity index is 1220. The number of piperidine rings is 1. The Morgan fingerprint density at radius 2 is 1.66 bits per heavy atom. The summed E-state index contributed by atoms with van der Waals surface area (Å²) in [6.45, 7) is -0.120. The van der Waals surface area contributed by atoms with Crippen LogP contribution in [0.4, 0.5) is 5.69 Å². The Hall–Kier alpha value is -4.04. The molecule has 1 heterocycles. The van der Waals surface area contributed by atoms with Crippen molar-refractivity contribution < 1.29 is 32.5 Å². The fraction of sp³-hybridized carbons (Fsp3) is 0.286. The number of oxime groups is 1. The van der Waals surface area contributed by atoms with Crippen molar-refractivity contribution in [1.82, 2.24) is 4.31 Å². The maximum absolute atomic E-state index is 12.8. The van der Waals surface area contributed by atoms with E-state index in [4.69, 9.17) is 21.0 Å². The largest absolute Gasteiger partial charge is 0.484 e. The second-order valence-electron chi connectivity index (χ2n) is 7.60. The van der Waals surface area contributed by atoms with Crippen molar-refractivity contribution in [1.29, 1.82) is 0 Å². The van der Waals surface area contributed by atoms with E-state index >= 15 is 0 Å². The highest BCUT2D eigenvalue weighted by Gasteiger charge is 2.33. The number of nitrogens with zero attached hydrogens (tertiary/aromatic N) is 3.